The first-order valence-corrected chi connectivity index (χ1v) is 14.5. The van der Waals surface area contributed by atoms with Gasteiger partial charge in [-0.1, -0.05) is 43.0 Å². The van der Waals surface area contributed by atoms with Crippen molar-refractivity contribution in [3.63, 3.8) is 0 Å². The van der Waals surface area contributed by atoms with E-state index in [0.717, 1.165) is 17.2 Å². The van der Waals surface area contributed by atoms with Crippen LogP contribution in [-0.2, 0) is 28.2 Å². The molecule has 1 fully saturated rings. The van der Waals surface area contributed by atoms with Crippen LogP contribution in [-0.4, -0.2) is 69.5 Å². The Kier molecular flexibility index (Phi) is 8.75. The Labute approximate surface area is 237 Å². The van der Waals surface area contributed by atoms with Gasteiger partial charge in [-0.2, -0.15) is 5.09 Å². The molecule has 0 bridgehead atoms. The molecule has 2 aliphatic heterocycles. The quantitative estimate of drug-likeness (QED) is 0.276. The zero-order valence-electron chi connectivity index (χ0n) is 23.2. The molecule has 6 atom stereocenters. The monoisotopic (exact) mass is 592 g/mol. The SMILES string of the molecule is C=C1C=CN([C@@H]2O[C@](F)(CO[P@@](=O)(N[C@@H](C)C(=O)OC(C)C)Oc3cccc4ccccc34)[C@@H](O)[C@@]2(C)O)C(=O)C1. The second-order valence-corrected chi connectivity index (χ2v) is 12.2. The second-order valence-electron chi connectivity index (χ2n) is 10.5. The molecule has 0 aliphatic carbocycles. The Morgan fingerprint density at radius 2 is 1.95 bits per heavy atom. The topological polar surface area (TPSA) is 144 Å². The minimum Gasteiger partial charge on any atom is -0.462 e. The van der Waals surface area contributed by atoms with E-state index < -0.39 is 62.2 Å². The van der Waals surface area contributed by atoms with E-state index in [0.29, 0.717) is 11.0 Å². The van der Waals surface area contributed by atoms with Crippen molar-refractivity contribution in [3.8, 4) is 5.75 Å². The third-order valence-corrected chi connectivity index (χ3v) is 8.23. The van der Waals surface area contributed by atoms with Crippen LogP contribution >= 0.6 is 7.75 Å². The normalized spacial score (nSPS) is 28.6. The van der Waals surface area contributed by atoms with Crippen molar-refractivity contribution in [1.29, 1.82) is 0 Å². The van der Waals surface area contributed by atoms with E-state index in [1.807, 2.05) is 0 Å². The molecule has 11 nitrogen and oxygen atoms in total. The van der Waals surface area contributed by atoms with Gasteiger partial charge in [0.25, 0.3) is 5.85 Å². The highest BCUT2D eigenvalue weighted by molar-refractivity contribution is 7.52. The van der Waals surface area contributed by atoms with E-state index in [1.54, 1.807) is 50.2 Å². The van der Waals surface area contributed by atoms with Crippen molar-refractivity contribution < 1.29 is 47.3 Å². The highest BCUT2D eigenvalue weighted by Crippen LogP contribution is 2.50. The summed E-state index contributed by atoms with van der Waals surface area (Å²) in [6.45, 7) is 8.23. The smallest absolute Gasteiger partial charge is 0.459 e. The number of amides is 1. The molecule has 2 aromatic rings. The number of nitrogens with zero attached hydrogens (tertiary/aromatic N) is 1. The van der Waals surface area contributed by atoms with Crippen LogP contribution in [0.3, 0.4) is 0 Å². The molecule has 0 radical (unpaired) electrons. The number of carbonyl (C=O) groups excluding carboxylic acids is 2. The Bertz CT molecular complexity index is 1410. The minimum absolute atomic E-state index is 0.0965. The lowest BCUT2D eigenvalue weighted by molar-refractivity contribution is -0.210. The fourth-order valence-corrected chi connectivity index (χ4v) is 6.03. The predicted molar refractivity (Wildman–Crippen MR) is 147 cm³/mol. The van der Waals surface area contributed by atoms with Crippen molar-refractivity contribution in [2.45, 2.75) is 70.0 Å². The Balaban J connectivity index is 1.61. The number of aliphatic hydroxyl groups excluding tert-OH is 1. The zero-order chi connectivity index (χ0) is 30.2. The maximum Gasteiger partial charge on any atom is 0.459 e. The summed E-state index contributed by atoms with van der Waals surface area (Å²) in [7, 11) is -4.60. The lowest BCUT2D eigenvalue weighted by atomic mass is 9.94. The molecule has 1 amide bonds. The van der Waals surface area contributed by atoms with Crippen LogP contribution in [0, 0.1) is 0 Å². The number of fused-ring (bicyclic) bond motifs is 1. The zero-order valence-corrected chi connectivity index (χ0v) is 24.0. The van der Waals surface area contributed by atoms with Gasteiger partial charge in [0.2, 0.25) is 5.91 Å². The summed E-state index contributed by atoms with van der Waals surface area (Å²) in [4.78, 5) is 26.0. The summed E-state index contributed by atoms with van der Waals surface area (Å²) in [5.41, 5.74) is -1.79. The number of ether oxygens (including phenoxy) is 2. The summed E-state index contributed by atoms with van der Waals surface area (Å²) >= 11 is 0. The van der Waals surface area contributed by atoms with Crippen molar-refractivity contribution >= 4 is 30.4 Å². The van der Waals surface area contributed by atoms with E-state index in [2.05, 4.69) is 11.7 Å². The van der Waals surface area contributed by atoms with Crippen molar-refractivity contribution in [3.05, 3.63) is 66.9 Å². The lowest BCUT2D eigenvalue weighted by Gasteiger charge is -2.34. The number of aliphatic hydroxyl groups is 2. The minimum atomic E-state index is -4.60. The van der Waals surface area contributed by atoms with Crippen LogP contribution in [0.5, 0.6) is 5.75 Å². The van der Waals surface area contributed by atoms with E-state index in [1.165, 1.54) is 25.3 Å². The lowest BCUT2D eigenvalue weighted by Crippen LogP contribution is -2.54. The summed E-state index contributed by atoms with van der Waals surface area (Å²) in [6.07, 6.45) is -1.68. The molecule has 41 heavy (non-hydrogen) atoms. The number of esters is 1. The molecule has 0 spiro atoms. The number of hydrogen-bond donors (Lipinski definition) is 3. The molecular formula is C28H34FN2O9P. The third kappa shape index (κ3) is 6.53. The van der Waals surface area contributed by atoms with Crippen LogP contribution in [0.4, 0.5) is 4.39 Å². The summed E-state index contributed by atoms with van der Waals surface area (Å²) in [5.74, 6) is -4.34. The summed E-state index contributed by atoms with van der Waals surface area (Å²) in [6, 6.07) is 10.8. The van der Waals surface area contributed by atoms with E-state index in [-0.39, 0.29) is 12.2 Å². The van der Waals surface area contributed by atoms with Gasteiger partial charge in [0.05, 0.1) is 12.5 Å². The molecule has 0 unspecified atom stereocenters. The summed E-state index contributed by atoms with van der Waals surface area (Å²) in [5, 5.41) is 25.5. The molecule has 0 saturated carbocycles. The molecule has 0 aromatic heterocycles. The molecule has 2 aromatic carbocycles. The van der Waals surface area contributed by atoms with Gasteiger partial charge in [0.1, 0.15) is 30.1 Å². The summed E-state index contributed by atoms with van der Waals surface area (Å²) < 4.78 is 52.0. The molecule has 222 valence electrons. The number of halogens is 1. The van der Waals surface area contributed by atoms with E-state index in [9.17, 15) is 24.4 Å². The maximum atomic E-state index is 16.2. The van der Waals surface area contributed by atoms with Gasteiger partial charge in [-0.05, 0) is 50.8 Å². The highest BCUT2D eigenvalue weighted by atomic mass is 31.2. The molecular weight excluding hydrogens is 558 g/mol. The van der Waals surface area contributed by atoms with Gasteiger partial charge < -0.3 is 24.2 Å². The van der Waals surface area contributed by atoms with Crippen molar-refractivity contribution in [2.75, 3.05) is 6.61 Å². The fraction of sp³-hybridized carbons (Fsp3) is 0.429. The molecule has 1 saturated heterocycles. The van der Waals surface area contributed by atoms with Crippen molar-refractivity contribution in [2.24, 2.45) is 0 Å². The first kappa shape index (κ1) is 30.8. The molecule has 3 N–H and O–H groups in total. The predicted octanol–water partition coefficient (Wildman–Crippen LogP) is 3.71. The van der Waals surface area contributed by atoms with Gasteiger partial charge in [0, 0.05) is 11.6 Å². The van der Waals surface area contributed by atoms with E-state index >= 15 is 4.39 Å². The number of rotatable bonds is 10. The number of alkyl halides is 1. The number of benzene rings is 2. The number of carbonyl (C=O) groups is 2. The van der Waals surface area contributed by atoms with Gasteiger partial charge in [0.15, 0.2) is 6.23 Å². The first-order chi connectivity index (χ1) is 19.1. The number of hydrogen-bond acceptors (Lipinski definition) is 9. The van der Waals surface area contributed by atoms with Gasteiger partial charge in [-0.15, -0.1) is 0 Å². The van der Waals surface area contributed by atoms with Crippen LogP contribution in [0.1, 0.15) is 34.1 Å². The Morgan fingerprint density at radius 1 is 1.27 bits per heavy atom. The van der Waals surface area contributed by atoms with Crippen LogP contribution in [0.2, 0.25) is 0 Å². The van der Waals surface area contributed by atoms with Gasteiger partial charge >= 0.3 is 13.7 Å². The Hall–Kier alpha value is -3.12. The molecule has 2 heterocycles. The highest BCUT2D eigenvalue weighted by Gasteiger charge is 2.65. The van der Waals surface area contributed by atoms with E-state index in [4.69, 9.17) is 18.5 Å². The first-order valence-electron chi connectivity index (χ1n) is 13.0. The molecule has 2 aliphatic rings. The number of nitrogens with one attached hydrogen (secondary N) is 1. The number of allylic oxidation sites excluding steroid dienone is 1. The van der Waals surface area contributed by atoms with Crippen LogP contribution in [0.15, 0.2) is 66.9 Å². The van der Waals surface area contributed by atoms with Crippen LogP contribution in [0.25, 0.3) is 10.8 Å². The molecule has 4 rings (SSSR count). The average Bonchev–Trinajstić information content (AvgIpc) is 3.07. The average molecular weight is 593 g/mol. The largest absolute Gasteiger partial charge is 0.462 e. The van der Waals surface area contributed by atoms with Crippen LogP contribution < -0.4 is 9.61 Å². The van der Waals surface area contributed by atoms with Gasteiger partial charge in [-0.3, -0.25) is 19.0 Å². The standard InChI is InChI=1S/C28H34FN2O9P/c1-17(2)38-24(33)19(4)30-41(36,40-22-12-8-10-20-9-6-7-11-21(20)22)37-16-28(29)25(34)27(5,35)26(39-28)31-14-13-18(3)15-23(31)32/h6-14,17,19,25-26,34-35H,3,15-16H2,1-2,4-5H3,(H,30,36)/t19-,25-,26+,27+,28+,41-/m0/s1. The molecule has 13 heteroatoms. The Morgan fingerprint density at radius 3 is 2.63 bits per heavy atom. The second kappa shape index (κ2) is 11.6. The third-order valence-electron chi connectivity index (χ3n) is 6.62. The van der Waals surface area contributed by atoms with Gasteiger partial charge in [-0.25, -0.2) is 8.96 Å². The maximum absolute atomic E-state index is 16.2. The fourth-order valence-electron chi connectivity index (χ4n) is 4.51. The van der Waals surface area contributed by atoms with Crippen molar-refractivity contribution in [1.82, 2.24) is 9.99 Å².